The van der Waals surface area contributed by atoms with Gasteiger partial charge >= 0.3 is 0 Å². The zero-order valence-corrected chi connectivity index (χ0v) is 34.3. The van der Waals surface area contributed by atoms with Crippen LogP contribution in [0.25, 0.3) is 44.5 Å². The summed E-state index contributed by atoms with van der Waals surface area (Å²) in [7, 11) is -3.50. The van der Waals surface area contributed by atoms with Crippen molar-refractivity contribution in [2.75, 3.05) is 0 Å². The van der Waals surface area contributed by atoms with Gasteiger partial charge in [0, 0.05) is 15.9 Å². The van der Waals surface area contributed by atoms with Crippen molar-refractivity contribution in [1.82, 2.24) is 0 Å². The Morgan fingerprint density at radius 2 is 0.583 bits per heavy atom. The van der Waals surface area contributed by atoms with E-state index in [0.29, 0.717) is 0 Å². The molecule has 9 aromatic carbocycles. The molecule has 4 aliphatic carbocycles. The molecular formula is C58H39OP. The molecule has 0 heterocycles. The molecule has 0 aliphatic heterocycles. The molecular weight excluding hydrogens is 744 g/mol. The highest BCUT2D eigenvalue weighted by atomic mass is 31.2. The molecule has 9 aromatic rings. The van der Waals surface area contributed by atoms with Crippen molar-refractivity contribution in [2.45, 2.75) is 24.7 Å². The van der Waals surface area contributed by atoms with Gasteiger partial charge in [0.25, 0.3) is 0 Å². The molecule has 1 nitrogen and oxygen atoms in total. The Morgan fingerprint density at radius 3 is 0.983 bits per heavy atom. The molecule has 0 bridgehead atoms. The average molecular weight is 783 g/mol. The average Bonchev–Trinajstić information content (AvgIpc) is 3.97. The fraction of sp³-hybridized carbons (Fsp3) is 0.0690. The van der Waals surface area contributed by atoms with Gasteiger partial charge in [-0.15, -0.1) is 0 Å². The second kappa shape index (κ2) is 11.9. The zero-order chi connectivity index (χ0) is 40.0. The highest BCUT2D eigenvalue weighted by Gasteiger charge is 2.54. The first-order valence-corrected chi connectivity index (χ1v) is 22.7. The van der Waals surface area contributed by atoms with Crippen molar-refractivity contribution in [3.8, 4) is 44.5 Å². The minimum absolute atomic E-state index is 0.534. The lowest BCUT2D eigenvalue weighted by Crippen LogP contribution is -2.31. The number of rotatable bonds is 3. The van der Waals surface area contributed by atoms with E-state index in [9.17, 15) is 0 Å². The van der Waals surface area contributed by atoms with Crippen molar-refractivity contribution < 1.29 is 4.57 Å². The summed E-state index contributed by atoms with van der Waals surface area (Å²) in [5.74, 6) is 0. The molecule has 0 saturated carbocycles. The van der Waals surface area contributed by atoms with Gasteiger partial charge in [-0.2, -0.15) is 0 Å². The van der Waals surface area contributed by atoms with Crippen LogP contribution < -0.4 is 15.9 Å². The van der Waals surface area contributed by atoms with Crippen molar-refractivity contribution in [1.29, 1.82) is 0 Å². The molecule has 1 atom stereocenters. The Bertz CT molecular complexity index is 3270. The third-order valence-corrected chi connectivity index (χ3v) is 17.3. The van der Waals surface area contributed by atoms with Gasteiger partial charge in [0.05, 0.1) is 10.8 Å². The van der Waals surface area contributed by atoms with Crippen LogP contribution in [0.5, 0.6) is 0 Å². The van der Waals surface area contributed by atoms with E-state index in [-0.39, 0.29) is 0 Å². The van der Waals surface area contributed by atoms with E-state index in [2.05, 4.69) is 196 Å². The standard InChI is InChI=1S/C58H39OP/c1-36-24-28-45-46-29-25-37(2)33-54(46)58(53(45)32-36)52-23-13-9-19-44(52)48-31-27-40(35-56(48)58)60(59,38-14-4-3-5-15-38)39-26-30-47-43-18-8-12-22-51(43)57(55(47)34-39)49-20-10-6-16-41(49)42-17-7-11-21-50(42)57/h3-35H,1-2H3. The van der Waals surface area contributed by atoms with Crippen molar-refractivity contribution >= 4 is 23.1 Å². The van der Waals surface area contributed by atoms with Gasteiger partial charge in [-0.3, -0.25) is 0 Å². The Hall–Kier alpha value is -6.79. The number of benzene rings is 9. The maximum Gasteiger partial charge on any atom is 0.171 e. The predicted octanol–water partition coefficient (Wildman–Crippen LogP) is 12.6. The first-order chi connectivity index (χ1) is 29.4. The number of hydrogen-bond acceptors (Lipinski definition) is 1. The Morgan fingerprint density at radius 1 is 0.283 bits per heavy atom. The van der Waals surface area contributed by atoms with Gasteiger partial charge in [0.15, 0.2) is 7.14 Å². The monoisotopic (exact) mass is 782 g/mol. The molecule has 4 aliphatic rings. The van der Waals surface area contributed by atoms with Crippen LogP contribution in [-0.2, 0) is 15.4 Å². The minimum atomic E-state index is -3.50. The van der Waals surface area contributed by atoms with Gasteiger partial charge in [-0.05, 0) is 115 Å². The maximum atomic E-state index is 17.1. The molecule has 0 saturated heterocycles. The van der Waals surface area contributed by atoms with Crippen LogP contribution in [0.4, 0.5) is 0 Å². The van der Waals surface area contributed by atoms with E-state index in [1.165, 1.54) is 100 Å². The number of aryl methyl sites for hydroxylation is 2. The van der Waals surface area contributed by atoms with Crippen molar-refractivity contribution in [2.24, 2.45) is 0 Å². The quantitative estimate of drug-likeness (QED) is 0.163. The summed E-state index contributed by atoms with van der Waals surface area (Å²) < 4.78 is 17.1. The van der Waals surface area contributed by atoms with Crippen molar-refractivity contribution in [3.05, 3.63) is 256 Å². The van der Waals surface area contributed by atoms with Gasteiger partial charge < -0.3 is 4.57 Å². The maximum absolute atomic E-state index is 17.1. The molecule has 282 valence electrons. The lowest BCUT2D eigenvalue weighted by Gasteiger charge is -2.32. The summed E-state index contributed by atoms with van der Waals surface area (Å²) in [6.45, 7) is 4.40. The Labute approximate surface area is 351 Å². The van der Waals surface area contributed by atoms with E-state index >= 15 is 4.57 Å². The molecule has 13 rings (SSSR count). The molecule has 2 spiro atoms. The highest BCUT2D eigenvalue weighted by Crippen LogP contribution is 2.65. The first kappa shape index (κ1) is 34.1. The second-order valence-electron chi connectivity index (χ2n) is 17.2. The van der Waals surface area contributed by atoms with Crippen LogP contribution in [-0.4, -0.2) is 0 Å². The third kappa shape index (κ3) is 4.02. The molecule has 0 amide bonds. The molecule has 1 unspecified atom stereocenters. The van der Waals surface area contributed by atoms with Crippen LogP contribution in [0.3, 0.4) is 0 Å². The lowest BCUT2D eigenvalue weighted by atomic mass is 9.70. The number of fused-ring (bicyclic) bond motifs is 20. The molecule has 2 heteroatoms. The van der Waals surface area contributed by atoms with E-state index in [1.807, 2.05) is 18.2 Å². The van der Waals surface area contributed by atoms with Crippen LogP contribution >= 0.6 is 7.14 Å². The SMILES string of the molecule is Cc1ccc2c(c1)C1(c3ccccc3-c3ccc(P(=O)(c4ccccc4)c4ccc5c(c4)C4(c6ccccc6-c6ccccc64)c4ccccc4-5)cc31)c1cc(C)ccc1-2. The first-order valence-electron chi connectivity index (χ1n) is 21.0. The normalized spacial score (nSPS) is 15.6. The Kier molecular flexibility index (Phi) is 6.77. The summed E-state index contributed by atoms with van der Waals surface area (Å²) in [6, 6.07) is 73.3. The summed E-state index contributed by atoms with van der Waals surface area (Å²) in [5.41, 5.74) is 21.5. The van der Waals surface area contributed by atoms with E-state index in [4.69, 9.17) is 0 Å². The topological polar surface area (TPSA) is 17.1 Å². The largest absolute Gasteiger partial charge is 0.309 e. The Balaban J connectivity index is 1.11. The summed E-state index contributed by atoms with van der Waals surface area (Å²) >= 11 is 0. The summed E-state index contributed by atoms with van der Waals surface area (Å²) in [4.78, 5) is 0. The smallest absolute Gasteiger partial charge is 0.171 e. The van der Waals surface area contributed by atoms with E-state index in [0.717, 1.165) is 15.9 Å². The predicted molar refractivity (Wildman–Crippen MR) is 248 cm³/mol. The second-order valence-corrected chi connectivity index (χ2v) is 20.0. The minimum Gasteiger partial charge on any atom is -0.309 e. The fourth-order valence-corrected chi connectivity index (χ4v) is 14.6. The van der Waals surface area contributed by atoms with Crippen LogP contribution in [0.1, 0.15) is 55.6 Å². The van der Waals surface area contributed by atoms with E-state index in [1.54, 1.807) is 0 Å². The van der Waals surface area contributed by atoms with Gasteiger partial charge in [-0.1, -0.05) is 199 Å². The molecule has 0 radical (unpaired) electrons. The molecule has 0 fully saturated rings. The molecule has 0 N–H and O–H groups in total. The zero-order valence-electron chi connectivity index (χ0n) is 33.4. The van der Waals surface area contributed by atoms with Gasteiger partial charge in [0.1, 0.15) is 0 Å². The molecule has 0 aromatic heterocycles. The lowest BCUT2D eigenvalue weighted by molar-refractivity contribution is 0.592. The van der Waals surface area contributed by atoms with Gasteiger partial charge in [-0.25, -0.2) is 0 Å². The fourth-order valence-electron chi connectivity index (χ4n) is 12.0. The summed E-state index contributed by atoms with van der Waals surface area (Å²) in [5, 5.41) is 2.54. The van der Waals surface area contributed by atoms with Crippen LogP contribution in [0, 0.1) is 13.8 Å². The molecule has 60 heavy (non-hydrogen) atoms. The number of hydrogen-bond donors (Lipinski definition) is 0. The highest BCUT2D eigenvalue weighted by molar-refractivity contribution is 7.85. The van der Waals surface area contributed by atoms with E-state index < -0.39 is 18.0 Å². The van der Waals surface area contributed by atoms with Crippen LogP contribution in [0.15, 0.2) is 200 Å². The summed E-state index contributed by atoms with van der Waals surface area (Å²) in [6.07, 6.45) is 0. The van der Waals surface area contributed by atoms with Crippen molar-refractivity contribution in [3.63, 3.8) is 0 Å². The van der Waals surface area contributed by atoms with Crippen LogP contribution in [0.2, 0.25) is 0 Å². The third-order valence-electron chi connectivity index (χ3n) is 14.3. The van der Waals surface area contributed by atoms with Gasteiger partial charge in [0.2, 0.25) is 0 Å².